The van der Waals surface area contributed by atoms with Gasteiger partial charge in [0.05, 0.1) is 17.1 Å². The third-order valence-electron chi connectivity index (χ3n) is 3.21. The Bertz CT molecular complexity index is 961. The van der Waals surface area contributed by atoms with E-state index in [0.717, 1.165) is 29.2 Å². The molecule has 2 N–H and O–H groups in total. The van der Waals surface area contributed by atoms with E-state index in [4.69, 9.17) is 5.11 Å². The molecule has 0 radical (unpaired) electrons. The number of nitrogens with one attached hydrogen (secondary N) is 1. The molecule has 120 valence electrons. The third-order valence-corrected chi connectivity index (χ3v) is 3.21. The Morgan fingerprint density at radius 1 is 1.21 bits per heavy atom. The molecule has 0 bridgehead atoms. The Hall–Kier alpha value is -3.55. The van der Waals surface area contributed by atoms with E-state index >= 15 is 0 Å². The highest BCUT2D eigenvalue weighted by atomic mass is 16.4. The lowest BCUT2D eigenvalue weighted by Crippen LogP contribution is -2.11. The van der Waals surface area contributed by atoms with Crippen molar-refractivity contribution < 1.29 is 14.7 Å². The molecule has 3 rings (SSSR count). The van der Waals surface area contributed by atoms with Crippen molar-refractivity contribution in [2.45, 2.75) is 6.92 Å². The molecule has 0 saturated carbocycles. The number of carboxylic acid groups (broad SMARTS) is 1. The second kappa shape index (κ2) is 6.29. The predicted octanol–water partition coefficient (Wildman–Crippen LogP) is 1.68. The van der Waals surface area contributed by atoms with Gasteiger partial charge in [0.25, 0.3) is 5.91 Å². The maximum Gasteiger partial charge on any atom is 0.328 e. The van der Waals surface area contributed by atoms with Gasteiger partial charge in [-0.05, 0) is 25.1 Å². The minimum atomic E-state index is -1.21. The van der Waals surface area contributed by atoms with Crippen LogP contribution in [0.15, 0.2) is 48.8 Å². The number of carbonyl (C=O) groups excluding carboxylic acids is 1. The number of hydrogen-bond acceptors (Lipinski definition) is 5. The zero-order chi connectivity index (χ0) is 17.1. The minimum Gasteiger partial charge on any atom is -0.478 e. The number of hydrogen-bond donors (Lipinski definition) is 2. The lowest BCUT2D eigenvalue weighted by atomic mass is 10.2. The monoisotopic (exact) mass is 323 g/mol. The Labute approximate surface area is 136 Å². The second-order valence-corrected chi connectivity index (χ2v) is 4.90. The smallest absolute Gasteiger partial charge is 0.328 e. The Morgan fingerprint density at radius 2 is 2.04 bits per heavy atom. The summed E-state index contributed by atoms with van der Waals surface area (Å²) in [5, 5.41) is 10.9. The summed E-state index contributed by atoms with van der Waals surface area (Å²) in [6.07, 6.45) is 5.03. The Morgan fingerprint density at radius 3 is 2.83 bits per heavy atom. The lowest BCUT2D eigenvalue weighted by molar-refractivity contribution is -0.131. The summed E-state index contributed by atoms with van der Waals surface area (Å²) in [7, 11) is 0. The first kappa shape index (κ1) is 15.3. The van der Waals surface area contributed by atoms with E-state index in [2.05, 4.69) is 20.3 Å². The van der Waals surface area contributed by atoms with Crippen molar-refractivity contribution in [1.29, 1.82) is 0 Å². The van der Waals surface area contributed by atoms with Crippen LogP contribution in [-0.4, -0.2) is 36.3 Å². The molecular formula is C16H13N5O3. The fourth-order valence-corrected chi connectivity index (χ4v) is 2.27. The summed E-state index contributed by atoms with van der Waals surface area (Å²) >= 11 is 0. The summed E-state index contributed by atoms with van der Waals surface area (Å²) in [4.78, 5) is 34.8. The van der Waals surface area contributed by atoms with Crippen molar-refractivity contribution in [1.82, 2.24) is 19.4 Å². The number of aliphatic carboxylic acids is 1. The summed E-state index contributed by atoms with van der Waals surface area (Å²) in [5.41, 5.74) is 2.98. The molecule has 0 aliphatic carbocycles. The number of imidazole rings is 1. The van der Waals surface area contributed by atoms with Crippen LogP contribution >= 0.6 is 0 Å². The van der Waals surface area contributed by atoms with Crippen LogP contribution in [0.5, 0.6) is 0 Å². The molecule has 24 heavy (non-hydrogen) atoms. The summed E-state index contributed by atoms with van der Waals surface area (Å²) in [6, 6.07) is 7.38. The van der Waals surface area contributed by atoms with Crippen molar-refractivity contribution in [3.05, 3.63) is 54.5 Å². The molecule has 0 aliphatic rings. The van der Waals surface area contributed by atoms with E-state index in [9.17, 15) is 9.59 Å². The maximum absolute atomic E-state index is 11.6. The summed E-state index contributed by atoms with van der Waals surface area (Å²) in [5.74, 6) is -1.75. The largest absolute Gasteiger partial charge is 0.478 e. The number of amides is 1. The number of carbonyl (C=O) groups is 2. The fourth-order valence-electron chi connectivity index (χ4n) is 2.27. The molecule has 8 heteroatoms. The van der Waals surface area contributed by atoms with Gasteiger partial charge in [-0.2, -0.15) is 0 Å². The Balaban J connectivity index is 1.94. The number of aryl methyl sites for hydroxylation is 1. The highest BCUT2D eigenvalue weighted by Crippen LogP contribution is 2.23. The molecule has 0 aromatic carbocycles. The van der Waals surface area contributed by atoms with Gasteiger partial charge in [-0.1, -0.05) is 6.07 Å². The molecule has 1 amide bonds. The quantitative estimate of drug-likeness (QED) is 0.707. The fraction of sp³-hybridized carbons (Fsp3) is 0.0625. The average molecular weight is 323 g/mol. The molecule has 8 nitrogen and oxygen atoms in total. The molecule has 0 atom stereocenters. The molecular weight excluding hydrogens is 310 g/mol. The van der Waals surface area contributed by atoms with Gasteiger partial charge in [-0.3, -0.25) is 14.5 Å². The van der Waals surface area contributed by atoms with E-state index < -0.39 is 11.9 Å². The molecule has 0 unspecified atom stereocenters. The van der Waals surface area contributed by atoms with Crippen LogP contribution in [0, 0.1) is 6.92 Å². The number of rotatable bonds is 4. The topological polar surface area (TPSA) is 109 Å². The number of aromatic nitrogens is 4. The van der Waals surface area contributed by atoms with Crippen LogP contribution in [0.3, 0.4) is 0 Å². The van der Waals surface area contributed by atoms with E-state index in [1.165, 1.54) is 6.20 Å². The number of anilines is 1. The number of nitrogens with zero attached hydrogens (tertiary/aromatic N) is 4. The first-order chi connectivity index (χ1) is 11.5. The average Bonchev–Trinajstić information content (AvgIpc) is 2.89. The van der Waals surface area contributed by atoms with Crippen molar-refractivity contribution in [2.24, 2.45) is 0 Å². The standard InChI is InChI=1S/C16H13N5O3/c1-10-15(21-9-3-2-4-12(21)18-10)11-7-8-17-16(19-11)20-13(22)5-6-14(23)24/h2-9H,1H3,(H,23,24)(H,17,19,20,22)/b6-5+. The van der Waals surface area contributed by atoms with Crippen LogP contribution in [0.1, 0.15) is 5.69 Å². The van der Waals surface area contributed by atoms with Crippen molar-refractivity contribution >= 4 is 23.5 Å². The zero-order valence-corrected chi connectivity index (χ0v) is 12.7. The second-order valence-electron chi connectivity index (χ2n) is 4.90. The molecule has 0 fully saturated rings. The minimum absolute atomic E-state index is 0.0813. The van der Waals surface area contributed by atoms with Crippen molar-refractivity contribution in [2.75, 3.05) is 5.32 Å². The predicted molar refractivity (Wildman–Crippen MR) is 86.4 cm³/mol. The molecule has 3 aromatic heterocycles. The SMILES string of the molecule is Cc1nc2ccccn2c1-c1ccnc(NC(=O)/C=C/C(=O)O)n1. The molecule has 0 spiro atoms. The van der Waals surface area contributed by atoms with Gasteiger partial charge in [0.1, 0.15) is 5.65 Å². The van der Waals surface area contributed by atoms with Gasteiger partial charge in [0, 0.05) is 24.5 Å². The van der Waals surface area contributed by atoms with Crippen LogP contribution in [0.2, 0.25) is 0 Å². The van der Waals surface area contributed by atoms with Gasteiger partial charge in [0.2, 0.25) is 5.95 Å². The molecule has 3 heterocycles. The molecule has 0 aliphatic heterocycles. The number of fused-ring (bicyclic) bond motifs is 1. The van der Waals surface area contributed by atoms with Gasteiger partial charge in [0.15, 0.2) is 0 Å². The van der Waals surface area contributed by atoms with Crippen LogP contribution in [-0.2, 0) is 9.59 Å². The lowest BCUT2D eigenvalue weighted by Gasteiger charge is -2.05. The first-order valence-corrected chi connectivity index (χ1v) is 7.03. The maximum atomic E-state index is 11.6. The molecule has 3 aromatic rings. The van der Waals surface area contributed by atoms with Crippen LogP contribution < -0.4 is 5.32 Å². The van der Waals surface area contributed by atoms with E-state index in [1.807, 2.05) is 35.7 Å². The van der Waals surface area contributed by atoms with Gasteiger partial charge < -0.3 is 5.11 Å². The van der Waals surface area contributed by atoms with E-state index in [0.29, 0.717) is 5.69 Å². The number of carboxylic acids is 1. The van der Waals surface area contributed by atoms with Crippen LogP contribution in [0.25, 0.3) is 17.0 Å². The zero-order valence-electron chi connectivity index (χ0n) is 12.7. The van der Waals surface area contributed by atoms with Crippen molar-refractivity contribution in [3.8, 4) is 11.4 Å². The van der Waals surface area contributed by atoms with Gasteiger partial charge >= 0.3 is 5.97 Å². The first-order valence-electron chi connectivity index (χ1n) is 7.03. The highest BCUT2D eigenvalue weighted by molar-refractivity contribution is 6.01. The summed E-state index contributed by atoms with van der Waals surface area (Å²) < 4.78 is 1.90. The van der Waals surface area contributed by atoms with Gasteiger partial charge in [-0.25, -0.2) is 19.7 Å². The third kappa shape index (κ3) is 3.12. The van der Waals surface area contributed by atoms with E-state index in [1.54, 1.807) is 6.07 Å². The Kier molecular flexibility index (Phi) is 4.02. The highest BCUT2D eigenvalue weighted by Gasteiger charge is 2.13. The summed E-state index contributed by atoms with van der Waals surface area (Å²) in [6.45, 7) is 1.87. The normalized spacial score (nSPS) is 11.0. The van der Waals surface area contributed by atoms with Gasteiger partial charge in [-0.15, -0.1) is 0 Å². The van der Waals surface area contributed by atoms with E-state index in [-0.39, 0.29) is 5.95 Å². The van der Waals surface area contributed by atoms with Crippen LogP contribution in [0.4, 0.5) is 5.95 Å². The molecule has 0 saturated heterocycles. The van der Waals surface area contributed by atoms with Crippen molar-refractivity contribution in [3.63, 3.8) is 0 Å². The number of pyridine rings is 1.